The molecule has 0 spiro atoms. The predicted molar refractivity (Wildman–Crippen MR) is 108 cm³/mol. The topological polar surface area (TPSA) is 40.6 Å². The largest absolute Gasteiger partial charge is 0.344 e. The molecule has 1 aliphatic rings. The SMILES string of the molecule is CC(=O)N1CCN(C)C(=O)C(Cc2ccc(-c3cc(C)cc(C)c3)cc2)C1. The van der Waals surface area contributed by atoms with Crippen LogP contribution in [0, 0.1) is 19.8 Å². The Morgan fingerprint density at radius 3 is 2.22 bits per heavy atom. The lowest BCUT2D eigenvalue weighted by Gasteiger charge is -2.22. The van der Waals surface area contributed by atoms with Gasteiger partial charge in [0.15, 0.2) is 0 Å². The Bertz CT molecular complexity index is 822. The lowest BCUT2D eigenvalue weighted by molar-refractivity contribution is -0.133. The zero-order valence-electron chi connectivity index (χ0n) is 16.7. The van der Waals surface area contributed by atoms with E-state index in [4.69, 9.17) is 0 Å². The zero-order chi connectivity index (χ0) is 19.6. The highest BCUT2D eigenvalue weighted by atomic mass is 16.2. The maximum absolute atomic E-state index is 12.7. The molecule has 3 rings (SSSR count). The number of benzene rings is 2. The smallest absolute Gasteiger partial charge is 0.227 e. The van der Waals surface area contributed by atoms with Crippen LogP contribution in [-0.4, -0.2) is 48.3 Å². The highest BCUT2D eigenvalue weighted by Crippen LogP contribution is 2.24. The summed E-state index contributed by atoms with van der Waals surface area (Å²) in [6.45, 7) is 7.50. The van der Waals surface area contributed by atoms with E-state index < -0.39 is 0 Å². The van der Waals surface area contributed by atoms with Gasteiger partial charge in [0.2, 0.25) is 11.8 Å². The van der Waals surface area contributed by atoms with Crippen LogP contribution >= 0.6 is 0 Å². The van der Waals surface area contributed by atoms with Gasteiger partial charge in [0.25, 0.3) is 0 Å². The van der Waals surface area contributed by atoms with Gasteiger partial charge in [-0.15, -0.1) is 0 Å². The maximum atomic E-state index is 12.7. The number of hydrogen-bond donors (Lipinski definition) is 0. The summed E-state index contributed by atoms with van der Waals surface area (Å²) in [6.07, 6.45) is 0.653. The summed E-state index contributed by atoms with van der Waals surface area (Å²) < 4.78 is 0. The number of likely N-dealkylation sites (N-methyl/N-ethyl adjacent to an activating group) is 1. The van der Waals surface area contributed by atoms with Crippen LogP contribution in [0.4, 0.5) is 0 Å². The number of aryl methyl sites for hydroxylation is 2. The minimum Gasteiger partial charge on any atom is -0.344 e. The van der Waals surface area contributed by atoms with Gasteiger partial charge < -0.3 is 9.80 Å². The van der Waals surface area contributed by atoms with Crippen LogP contribution < -0.4 is 0 Å². The van der Waals surface area contributed by atoms with Gasteiger partial charge in [0.1, 0.15) is 0 Å². The van der Waals surface area contributed by atoms with Crippen molar-refractivity contribution in [3.8, 4) is 11.1 Å². The van der Waals surface area contributed by atoms with Crippen molar-refractivity contribution in [3.05, 3.63) is 59.2 Å². The Labute approximate surface area is 161 Å². The Hall–Kier alpha value is -2.62. The minimum atomic E-state index is -0.187. The second kappa shape index (κ2) is 7.95. The molecule has 0 bridgehead atoms. The van der Waals surface area contributed by atoms with Gasteiger partial charge in [-0.1, -0.05) is 53.6 Å². The molecule has 0 aliphatic carbocycles. The van der Waals surface area contributed by atoms with Crippen molar-refractivity contribution in [1.82, 2.24) is 9.80 Å². The molecule has 1 aliphatic heterocycles. The summed E-state index contributed by atoms with van der Waals surface area (Å²) in [5.41, 5.74) is 6.03. The van der Waals surface area contributed by atoms with Crippen LogP contribution in [0.25, 0.3) is 11.1 Å². The molecule has 4 heteroatoms. The summed E-state index contributed by atoms with van der Waals surface area (Å²) in [7, 11) is 1.82. The normalized spacial score (nSPS) is 17.8. The van der Waals surface area contributed by atoms with E-state index in [2.05, 4.69) is 56.3 Å². The molecule has 1 heterocycles. The lowest BCUT2D eigenvalue weighted by Crippen LogP contribution is -2.36. The second-order valence-corrected chi connectivity index (χ2v) is 7.70. The molecule has 0 N–H and O–H groups in total. The number of carbonyl (C=O) groups excluding carboxylic acids is 2. The fourth-order valence-electron chi connectivity index (χ4n) is 3.82. The summed E-state index contributed by atoms with van der Waals surface area (Å²) in [6, 6.07) is 15.0. The Kier molecular flexibility index (Phi) is 5.64. The van der Waals surface area contributed by atoms with Gasteiger partial charge in [-0.25, -0.2) is 0 Å². The van der Waals surface area contributed by atoms with Gasteiger partial charge in [0, 0.05) is 33.6 Å². The fourth-order valence-corrected chi connectivity index (χ4v) is 3.82. The van der Waals surface area contributed by atoms with Crippen molar-refractivity contribution in [2.45, 2.75) is 27.2 Å². The van der Waals surface area contributed by atoms with Crippen molar-refractivity contribution in [1.29, 1.82) is 0 Å². The molecule has 1 unspecified atom stereocenters. The molecule has 1 saturated heterocycles. The van der Waals surface area contributed by atoms with E-state index in [9.17, 15) is 9.59 Å². The average molecular weight is 364 g/mol. The van der Waals surface area contributed by atoms with Crippen LogP contribution in [0.15, 0.2) is 42.5 Å². The average Bonchev–Trinajstić information content (AvgIpc) is 2.75. The molecule has 1 fully saturated rings. The highest BCUT2D eigenvalue weighted by molar-refractivity contribution is 5.81. The van der Waals surface area contributed by atoms with Crippen molar-refractivity contribution in [2.24, 2.45) is 5.92 Å². The van der Waals surface area contributed by atoms with Crippen molar-refractivity contribution in [2.75, 3.05) is 26.7 Å². The fraction of sp³-hybridized carbons (Fsp3) is 0.391. The van der Waals surface area contributed by atoms with Crippen LogP contribution in [0.3, 0.4) is 0 Å². The van der Waals surface area contributed by atoms with Gasteiger partial charge in [0.05, 0.1) is 5.92 Å². The Morgan fingerprint density at radius 2 is 1.63 bits per heavy atom. The quantitative estimate of drug-likeness (QED) is 0.837. The predicted octanol–water partition coefficient (Wildman–Crippen LogP) is 3.45. The monoisotopic (exact) mass is 364 g/mol. The summed E-state index contributed by atoms with van der Waals surface area (Å²) >= 11 is 0. The zero-order valence-corrected chi connectivity index (χ0v) is 16.7. The van der Waals surface area contributed by atoms with Crippen LogP contribution in [0.2, 0.25) is 0 Å². The number of nitrogens with zero attached hydrogens (tertiary/aromatic N) is 2. The van der Waals surface area contributed by atoms with E-state index in [1.807, 2.05) is 7.05 Å². The molecule has 0 aromatic heterocycles. The molecule has 2 amide bonds. The first-order valence-electron chi connectivity index (χ1n) is 9.51. The molecular formula is C23H28N2O2. The standard InChI is InChI=1S/C23H28N2O2/c1-16-11-17(2)13-21(12-16)20-7-5-19(6-8-20)14-22-15-25(18(3)26)10-9-24(4)23(22)27/h5-8,11-13,22H,9-10,14-15H2,1-4H3. The van der Waals surface area contributed by atoms with Crippen LogP contribution in [0.5, 0.6) is 0 Å². The molecule has 2 aromatic carbocycles. The first kappa shape index (κ1) is 19.2. The molecule has 27 heavy (non-hydrogen) atoms. The van der Waals surface area contributed by atoms with E-state index in [1.165, 1.54) is 22.3 Å². The van der Waals surface area contributed by atoms with Crippen LogP contribution in [-0.2, 0) is 16.0 Å². The maximum Gasteiger partial charge on any atom is 0.227 e. The molecule has 1 atom stereocenters. The van der Waals surface area contributed by atoms with Crippen molar-refractivity contribution < 1.29 is 9.59 Å². The summed E-state index contributed by atoms with van der Waals surface area (Å²) in [5.74, 6) is -0.0288. The van der Waals surface area contributed by atoms with Gasteiger partial charge in [-0.3, -0.25) is 9.59 Å². The first-order valence-corrected chi connectivity index (χ1v) is 9.51. The van der Waals surface area contributed by atoms with Gasteiger partial charge in [-0.05, 0) is 37.0 Å². The summed E-state index contributed by atoms with van der Waals surface area (Å²) in [5, 5.41) is 0. The van der Waals surface area contributed by atoms with E-state index in [0.717, 1.165) is 5.56 Å². The third-order valence-corrected chi connectivity index (χ3v) is 5.31. The number of amides is 2. The highest BCUT2D eigenvalue weighted by Gasteiger charge is 2.29. The molecule has 2 aromatic rings. The van der Waals surface area contributed by atoms with E-state index in [0.29, 0.717) is 26.1 Å². The Balaban J connectivity index is 1.78. The third kappa shape index (κ3) is 4.57. The number of hydrogen-bond acceptors (Lipinski definition) is 2. The second-order valence-electron chi connectivity index (χ2n) is 7.70. The molecule has 4 nitrogen and oxygen atoms in total. The first-order chi connectivity index (χ1) is 12.8. The van der Waals surface area contributed by atoms with E-state index in [1.54, 1.807) is 16.7 Å². The summed E-state index contributed by atoms with van der Waals surface area (Å²) in [4.78, 5) is 28.0. The minimum absolute atomic E-state index is 0.0354. The van der Waals surface area contributed by atoms with Gasteiger partial charge >= 0.3 is 0 Å². The van der Waals surface area contributed by atoms with E-state index >= 15 is 0 Å². The van der Waals surface area contributed by atoms with Crippen LogP contribution in [0.1, 0.15) is 23.6 Å². The van der Waals surface area contributed by atoms with Crippen molar-refractivity contribution in [3.63, 3.8) is 0 Å². The number of carbonyl (C=O) groups is 2. The Morgan fingerprint density at radius 1 is 1.00 bits per heavy atom. The molecule has 0 saturated carbocycles. The molecule has 142 valence electrons. The van der Waals surface area contributed by atoms with E-state index in [-0.39, 0.29) is 17.7 Å². The third-order valence-electron chi connectivity index (χ3n) is 5.31. The molecular weight excluding hydrogens is 336 g/mol. The lowest BCUT2D eigenvalue weighted by atomic mass is 9.95. The number of rotatable bonds is 3. The molecule has 0 radical (unpaired) electrons. The van der Waals surface area contributed by atoms with Gasteiger partial charge in [-0.2, -0.15) is 0 Å². The van der Waals surface area contributed by atoms with Crippen molar-refractivity contribution >= 4 is 11.8 Å².